The second-order valence-electron chi connectivity index (χ2n) is 8.45. The van der Waals surface area contributed by atoms with Crippen molar-refractivity contribution < 1.29 is 4.79 Å². The standard InChI is InChI=1S/C23H38N6O.HI/c1-4-24-23(26-19-13-17-29(18-19)20-10-6-5-7-11-20)25-14-9-16-28-15-8-12-21(28)22(30)27(2)3;/h5-7,10-11,19,21H,4,8-9,12-18H2,1-3H3,(H2,24,25,26);1H. The first-order valence-corrected chi connectivity index (χ1v) is 11.4. The molecule has 2 heterocycles. The second kappa shape index (κ2) is 13.1. The molecule has 2 aliphatic rings. The molecule has 0 spiro atoms. The lowest BCUT2D eigenvalue weighted by Gasteiger charge is -2.25. The number of halogens is 1. The molecular formula is C23H39IN6O. The lowest BCUT2D eigenvalue weighted by Crippen LogP contribution is -2.45. The predicted molar refractivity (Wildman–Crippen MR) is 139 cm³/mol. The van der Waals surface area contributed by atoms with E-state index in [-0.39, 0.29) is 35.9 Å². The maximum atomic E-state index is 12.3. The number of hydrogen-bond acceptors (Lipinski definition) is 4. The van der Waals surface area contributed by atoms with Crippen LogP contribution in [0.2, 0.25) is 0 Å². The molecule has 0 bridgehead atoms. The Morgan fingerprint density at radius 1 is 1.19 bits per heavy atom. The Morgan fingerprint density at radius 3 is 2.68 bits per heavy atom. The van der Waals surface area contributed by atoms with E-state index in [0.717, 1.165) is 70.9 Å². The van der Waals surface area contributed by atoms with Gasteiger partial charge in [0.2, 0.25) is 5.91 Å². The smallest absolute Gasteiger partial charge is 0.239 e. The minimum absolute atomic E-state index is 0. The molecule has 2 unspecified atom stereocenters. The molecule has 2 aliphatic heterocycles. The highest BCUT2D eigenvalue weighted by Crippen LogP contribution is 2.20. The van der Waals surface area contributed by atoms with Crippen molar-refractivity contribution in [3.05, 3.63) is 30.3 Å². The third-order valence-electron chi connectivity index (χ3n) is 5.96. The number of likely N-dealkylation sites (tertiary alicyclic amines) is 1. The van der Waals surface area contributed by atoms with E-state index < -0.39 is 0 Å². The first-order chi connectivity index (χ1) is 14.6. The zero-order valence-electron chi connectivity index (χ0n) is 19.2. The summed E-state index contributed by atoms with van der Waals surface area (Å²) in [6.07, 6.45) is 4.16. The van der Waals surface area contributed by atoms with Crippen LogP contribution in [0, 0.1) is 0 Å². The molecule has 8 heteroatoms. The number of hydrogen-bond donors (Lipinski definition) is 2. The van der Waals surface area contributed by atoms with E-state index in [2.05, 4.69) is 57.7 Å². The van der Waals surface area contributed by atoms with Crippen molar-refractivity contribution in [1.82, 2.24) is 20.4 Å². The van der Waals surface area contributed by atoms with E-state index in [9.17, 15) is 4.79 Å². The van der Waals surface area contributed by atoms with Gasteiger partial charge in [-0.2, -0.15) is 0 Å². The number of rotatable bonds is 8. The van der Waals surface area contributed by atoms with E-state index >= 15 is 0 Å². The first kappa shape index (κ1) is 25.7. The summed E-state index contributed by atoms with van der Waals surface area (Å²) in [6.45, 7) is 7.73. The summed E-state index contributed by atoms with van der Waals surface area (Å²) in [4.78, 5) is 23.6. The van der Waals surface area contributed by atoms with Gasteiger partial charge in [0, 0.05) is 58.5 Å². The Morgan fingerprint density at radius 2 is 1.97 bits per heavy atom. The van der Waals surface area contributed by atoms with Gasteiger partial charge in [-0.15, -0.1) is 24.0 Å². The minimum atomic E-state index is 0. The third kappa shape index (κ3) is 7.52. The number of guanidine groups is 1. The molecule has 0 aromatic heterocycles. The van der Waals surface area contributed by atoms with Crippen LogP contribution >= 0.6 is 24.0 Å². The van der Waals surface area contributed by atoms with Gasteiger partial charge in [0.25, 0.3) is 0 Å². The molecule has 174 valence electrons. The zero-order valence-corrected chi connectivity index (χ0v) is 21.5. The van der Waals surface area contributed by atoms with E-state index in [0.29, 0.717) is 6.04 Å². The highest BCUT2D eigenvalue weighted by atomic mass is 127. The molecule has 2 fully saturated rings. The molecule has 0 saturated carbocycles. The van der Waals surface area contributed by atoms with Gasteiger partial charge in [-0.25, -0.2) is 0 Å². The topological polar surface area (TPSA) is 63.2 Å². The van der Waals surface area contributed by atoms with Crippen molar-refractivity contribution in [3.8, 4) is 0 Å². The number of para-hydroxylation sites is 1. The van der Waals surface area contributed by atoms with E-state index in [1.165, 1.54) is 5.69 Å². The Bertz CT molecular complexity index is 699. The Balaban J connectivity index is 0.00000341. The van der Waals surface area contributed by atoms with Crippen LogP contribution in [0.25, 0.3) is 0 Å². The van der Waals surface area contributed by atoms with Crippen molar-refractivity contribution in [1.29, 1.82) is 0 Å². The number of carbonyl (C=O) groups excluding carboxylic acids is 1. The maximum Gasteiger partial charge on any atom is 0.239 e. The Hall–Kier alpha value is -1.55. The normalized spacial score (nSPS) is 21.6. The zero-order chi connectivity index (χ0) is 21.3. The number of benzene rings is 1. The molecule has 0 aliphatic carbocycles. The molecule has 2 atom stereocenters. The van der Waals surface area contributed by atoms with Gasteiger partial charge in [-0.1, -0.05) is 18.2 Å². The van der Waals surface area contributed by atoms with E-state index in [1.54, 1.807) is 4.90 Å². The molecule has 1 aromatic carbocycles. The van der Waals surface area contributed by atoms with Gasteiger partial charge < -0.3 is 20.4 Å². The van der Waals surface area contributed by atoms with E-state index in [4.69, 9.17) is 4.99 Å². The van der Waals surface area contributed by atoms with Gasteiger partial charge in [-0.3, -0.25) is 14.7 Å². The van der Waals surface area contributed by atoms with Crippen molar-refractivity contribution in [2.75, 3.05) is 58.3 Å². The predicted octanol–water partition coefficient (Wildman–Crippen LogP) is 2.38. The van der Waals surface area contributed by atoms with E-state index in [1.807, 2.05) is 14.1 Å². The summed E-state index contributed by atoms with van der Waals surface area (Å²) in [5, 5.41) is 6.99. The third-order valence-corrected chi connectivity index (χ3v) is 5.96. The van der Waals surface area contributed by atoms with Gasteiger partial charge in [0.1, 0.15) is 0 Å². The van der Waals surface area contributed by atoms with Crippen LogP contribution in [0.5, 0.6) is 0 Å². The fourth-order valence-electron chi connectivity index (χ4n) is 4.40. The van der Waals surface area contributed by atoms with Crippen molar-refractivity contribution in [2.24, 2.45) is 4.99 Å². The molecule has 7 nitrogen and oxygen atoms in total. The first-order valence-electron chi connectivity index (χ1n) is 11.4. The Kier molecular flexibility index (Phi) is 10.9. The summed E-state index contributed by atoms with van der Waals surface area (Å²) < 4.78 is 0. The highest BCUT2D eigenvalue weighted by molar-refractivity contribution is 14.0. The quantitative estimate of drug-likeness (QED) is 0.229. The van der Waals surface area contributed by atoms with Crippen LogP contribution in [-0.2, 0) is 4.79 Å². The van der Waals surface area contributed by atoms with Crippen LogP contribution < -0.4 is 15.5 Å². The molecule has 2 N–H and O–H groups in total. The van der Waals surface area contributed by atoms with Crippen LogP contribution in [0.3, 0.4) is 0 Å². The highest BCUT2D eigenvalue weighted by Gasteiger charge is 2.31. The van der Waals surface area contributed by atoms with Gasteiger partial charge in [0.05, 0.1) is 6.04 Å². The molecular weight excluding hydrogens is 503 g/mol. The van der Waals surface area contributed by atoms with Crippen LogP contribution in [0.4, 0.5) is 5.69 Å². The fourth-order valence-corrected chi connectivity index (χ4v) is 4.40. The lowest BCUT2D eigenvalue weighted by atomic mass is 10.2. The summed E-state index contributed by atoms with van der Waals surface area (Å²) in [7, 11) is 3.69. The molecule has 1 amide bonds. The van der Waals surface area contributed by atoms with Crippen molar-refractivity contribution in [2.45, 2.75) is 44.7 Å². The lowest BCUT2D eigenvalue weighted by molar-refractivity contribution is -0.133. The van der Waals surface area contributed by atoms with Crippen molar-refractivity contribution >= 4 is 41.5 Å². The van der Waals surface area contributed by atoms with Gasteiger partial charge in [-0.05, 0) is 51.3 Å². The van der Waals surface area contributed by atoms with Crippen LogP contribution in [-0.4, -0.2) is 87.1 Å². The monoisotopic (exact) mass is 542 g/mol. The number of anilines is 1. The van der Waals surface area contributed by atoms with Crippen molar-refractivity contribution in [3.63, 3.8) is 0 Å². The van der Waals surface area contributed by atoms with Crippen LogP contribution in [0.1, 0.15) is 32.6 Å². The number of aliphatic imine (C=N–C) groups is 1. The number of nitrogens with zero attached hydrogens (tertiary/aromatic N) is 4. The molecule has 3 rings (SSSR count). The van der Waals surface area contributed by atoms with Crippen LogP contribution in [0.15, 0.2) is 35.3 Å². The average molecular weight is 543 g/mol. The van der Waals surface area contributed by atoms with Gasteiger partial charge in [0.15, 0.2) is 5.96 Å². The summed E-state index contributed by atoms with van der Waals surface area (Å²) >= 11 is 0. The average Bonchev–Trinajstić information content (AvgIpc) is 3.41. The summed E-state index contributed by atoms with van der Waals surface area (Å²) in [6, 6.07) is 11.1. The summed E-state index contributed by atoms with van der Waals surface area (Å²) in [5.74, 6) is 1.13. The summed E-state index contributed by atoms with van der Waals surface area (Å²) in [5.41, 5.74) is 1.29. The maximum absolute atomic E-state index is 12.3. The molecule has 2 saturated heterocycles. The number of likely N-dealkylation sites (N-methyl/N-ethyl adjacent to an activating group) is 1. The minimum Gasteiger partial charge on any atom is -0.369 e. The number of amides is 1. The largest absolute Gasteiger partial charge is 0.369 e. The number of carbonyl (C=O) groups is 1. The van der Waals surface area contributed by atoms with Gasteiger partial charge >= 0.3 is 0 Å². The molecule has 1 aromatic rings. The SMILES string of the molecule is CCNC(=NCCCN1CCCC1C(=O)N(C)C)NC1CCN(c2ccccc2)C1.I. The molecule has 31 heavy (non-hydrogen) atoms. The second-order valence-corrected chi connectivity index (χ2v) is 8.45. The molecule has 0 radical (unpaired) electrons. The number of nitrogens with one attached hydrogen (secondary N) is 2. The Labute approximate surface area is 204 Å². The fraction of sp³-hybridized carbons (Fsp3) is 0.652.